The van der Waals surface area contributed by atoms with Crippen molar-refractivity contribution < 1.29 is 9.53 Å². The summed E-state index contributed by atoms with van der Waals surface area (Å²) >= 11 is 3.37. The Kier molecular flexibility index (Phi) is 4.04. The molecule has 0 bridgehead atoms. The van der Waals surface area contributed by atoms with E-state index in [0.717, 1.165) is 34.4 Å². The standard InChI is InChI=1S/C13H15BrN2O2/c1-8(9-6-15-7-9)13(17)16-10-3-4-11(14)12(5-10)18-2/h3-5,15H,6-7H2,1-2H3,(H,16,17). The minimum Gasteiger partial charge on any atom is -0.495 e. The molecule has 0 saturated carbocycles. The molecular weight excluding hydrogens is 296 g/mol. The van der Waals surface area contributed by atoms with E-state index in [9.17, 15) is 4.79 Å². The highest BCUT2D eigenvalue weighted by molar-refractivity contribution is 9.10. The Labute approximate surface area is 115 Å². The lowest BCUT2D eigenvalue weighted by atomic mass is 10.0. The van der Waals surface area contributed by atoms with Crippen LogP contribution in [0.3, 0.4) is 0 Å². The van der Waals surface area contributed by atoms with Crippen LogP contribution in [0, 0.1) is 0 Å². The van der Waals surface area contributed by atoms with Crippen LogP contribution in [0.2, 0.25) is 0 Å². The first-order valence-electron chi connectivity index (χ1n) is 5.66. The molecule has 5 heteroatoms. The van der Waals surface area contributed by atoms with Gasteiger partial charge in [-0.05, 0) is 40.6 Å². The average Bonchev–Trinajstić information content (AvgIpc) is 2.29. The minimum absolute atomic E-state index is 0.0594. The van der Waals surface area contributed by atoms with Crippen molar-refractivity contribution in [3.63, 3.8) is 0 Å². The van der Waals surface area contributed by atoms with Crippen LogP contribution in [0.25, 0.3) is 0 Å². The SMILES string of the molecule is COc1cc(NC(=O)C(C)=C2CNC2)ccc1Br. The second-order valence-electron chi connectivity index (χ2n) is 4.14. The monoisotopic (exact) mass is 310 g/mol. The van der Waals surface area contributed by atoms with Gasteiger partial charge in [0, 0.05) is 30.4 Å². The quantitative estimate of drug-likeness (QED) is 0.842. The van der Waals surface area contributed by atoms with E-state index in [1.165, 1.54) is 0 Å². The summed E-state index contributed by atoms with van der Waals surface area (Å²) in [6.07, 6.45) is 0. The highest BCUT2D eigenvalue weighted by Gasteiger charge is 2.16. The van der Waals surface area contributed by atoms with Crippen LogP contribution >= 0.6 is 15.9 Å². The van der Waals surface area contributed by atoms with Gasteiger partial charge in [0.05, 0.1) is 11.6 Å². The van der Waals surface area contributed by atoms with E-state index in [4.69, 9.17) is 4.74 Å². The first-order chi connectivity index (χ1) is 8.61. The van der Waals surface area contributed by atoms with E-state index in [1.54, 1.807) is 13.2 Å². The molecule has 1 aromatic carbocycles. The number of hydrogen-bond donors (Lipinski definition) is 2. The average molecular weight is 311 g/mol. The van der Waals surface area contributed by atoms with Crippen molar-refractivity contribution in [2.75, 3.05) is 25.5 Å². The smallest absolute Gasteiger partial charge is 0.251 e. The lowest BCUT2D eigenvalue weighted by Crippen LogP contribution is -2.36. The van der Waals surface area contributed by atoms with E-state index in [0.29, 0.717) is 5.75 Å². The number of hydrogen-bond acceptors (Lipinski definition) is 3. The van der Waals surface area contributed by atoms with Crippen molar-refractivity contribution in [3.05, 3.63) is 33.8 Å². The van der Waals surface area contributed by atoms with E-state index < -0.39 is 0 Å². The molecule has 1 aliphatic rings. The Hall–Kier alpha value is -1.33. The Balaban J connectivity index is 2.12. The first kappa shape index (κ1) is 13.1. The summed E-state index contributed by atoms with van der Waals surface area (Å²) in [7, 11) is 1.60. The molecule has 1 saturated heterocycles. The van der Waals surface area contributed by atoms with Crippen LogP contribution in [0.15, 0.2) is 33.8 Å². The molecule has 2 N–H and O–H groups in total. The number of benzene rings is 1. The van der Waals surface area contributed by atoms with Crippen LogP contribution in [-0.4, -0.2) is 26.1 Å². The molecule has 1 heterocycles. The molecule has 0 aliphatic carbocycles. The number of amides is 1. The minimum atomic E-state index is -0.0594. The molecule has 4 nitrogen and oxygen atoms in total. The topological polar surface area (TPSA) is 50.4 Å². The molecule has 1 aromatic rings. The molecule has 0 atom stereocenters. The summed E-state index contributed by atoms with van der Waals surface area (Å²) in [6, 6.07) is 5.47. The molecule has 1 aliphatic heterocycles. The molecule has 1 amide bonds. The maximum atomic E-state index is 12.0. The Morgan fingerprint density at radius 3 is 2.72 bits per heavy atom. The third kappa shape index (κ3) is 2.73. The molecule has 1 fully saturated rings. The van der Waals surface area contributed by atoms with Gasteiger partial charge in [-0.3, -0.25) is 4.79 Å². The molecule has 18 heavy (non-hydrogen) atoms. The van der Waals surface area contributed by atoms with Gasteiger partial charge in [-0.15, -0.1) is 0 Å². The molecule has 0 spiro atoms. The lowest BCUT2D eigenvalue weighted by Gasteiger charge is -2.21. The lowest BCUT2D eigenvalue weighted by molar-refractivity contribution is -0.112. The van der Waals surface area contributed by atoms with Gasteiger partial charge in [0.25, 0.3) is 5.91 Å². The van der Waals surface area contributed by atoms with Crippen LogP contribution in [0.4, 0.5) is 5.69 Å². The summed E-state index contributed by atoms with van der Waals surface area (Å²) in [6.45, 7) is 3.47. The number of rotatable bonds is 3. The maximum Gasteiger partial charge on any atom is 0.251 e. The van der Waals surface area contributed by atoms with Crippen LogP contribution in [-0.2, 0) is 4.79 Å². The zero-order valence-corrected chi connectivity index (χ0v) is 11.9. The number of carbonyl (C=O) groups is 1. The second-order valence-corrected chi connectivity index (χ2v) is 4.99. The number of anilines is 1. The van der Waals surface area contributed by atoms with Gasteiger partial charge >= 0.3 is 0 Å². The van der Waals surface area contributed by atoms with E-state index in [1.807, 2.05) is 19.1 Å². The van der Waals surface area contributed by atoms with E-state index in [-0.39, 0.29) is 5.91 Å². The normalized spacial score (nSPS) is 13.8. The number of carbonyl (C=O) groups excluding carboxylic acids is 1. The van der Waals surface area contributed by atoms with Gasteiger partial charge in [0.2, 0.25) is 0 Å². The highest BCUT2D eigenvalue weighted by Crippen LogP contribution is 2.28. The van der Waals surface area contributed by atoms with Gasteiger partial charge < -0.3 is 15.4 Å². The zero-order chi connectivity index (χ0) is 13.1. The van der Waals surface area contributed by atoms with Crippen LogP contribution in [0.5, 0.6) is 5.75 Å². The summed E-state index contributed by atoms with van der Waals surface area (Å²) in [5, 5.41) is 5.99. The fraction of sp³-hybridized carbons (Fsp3) is 0.308. The van der Waals surface area contributed by atoms with Crippen molar-refractivity contribution in [1.29, 1.82) is 0 Å². The predicted octanol–water partition coefficient (Wildman–Crippen LogP) is 2.32. The predicted molar refractivity (Wildman–Crippen MR) is 74.9 cm³/mol. The third-order valence-corrected chi connectivity index (χ3v) is 3.61. The first-order valence-corrected chi connectivity index (χ1v) is 6.45. The molecular formula is C13H15BrN2O2. The maximum absolute atomic E-state index is 12.0. The van der Waals surface area contributed by atoms with Crippen molar-refractivity contribution in [2.24, 2.45) is 0 Å². The van der Waals surface area contributed by atoms with Gasteiger partial charge in [-0.25, -0.2) is 0 Å². The summed E-state index contributed by atoms with van der Waals surface area (Å²) < 4.78 is 6.05. The molecule has 96 valence electrons. The number of halogens is 1. The zero-order valence-electron chi connectivity index (χ0n) is 10.3. The van der Waals surface area contributed by atoms with Crippen LogP contribution in [0.1, 0.15) is 6.92 Å². The van der Waals surface area contributed by atoms with Crippen molar-refractivity contribution in [3.8, 4) is 5.75 Å². The van der Waals surface area contributed by atoms with Gasteiger partial charge in [0.1, 0.15) is 5.75 Å². The Morgan fingerprint density at radius 1 is 1.44 bits per heavy atom. The molecule has 2 rings (SSSR count). The van der Waals surface area contributed by atoms with Crippen molar-refractivity contribution in [2.45, 2.75) is 6.92 Å². The third-order valence-electron chi connectivity index (χ3n) is 2.96. The Bertz CT molecular complexity index is 506. The van der Waals surface area contributed by atoms with Crippen molar-refractivity contribution >= 4 is 27.5 Å². The highest BCUT2D eigenvalue weighted by atomic mass is 79.9. The summed E-state index contributed by atoms with van der Waals surface area (Å²) in [4.78, 5) is 12.0. The molecule has 0 aromatic heterocycles. The van der Waals surface area contributed by atoms with Gasteiger partial charge in [-0.2, -0.15) is 0 Å². The largest absolute Gasteiger partial charge is 0.495 e. The molecule has 0 unspecified atom stereocenters. The second kappa shape index (κ2) is 5.54. The van der Waals surface area contributed by atoms with E-state index >= 15 is 0 Å². The van der Waals surface area contributed by atoms with E-state index in [2.05, 4.69) is 26.6 Å². The van der Waals surface area contributed by atoms with Crippen LogP contribution < -0.4 is 15.4 Å². The molecule has 0 radical (unpaired) electrons. The number of nitrogens with one attached hydrogen (secondary N) is 2. The Morgan fingerprint density at radius 2 is 2.17 bits per heavy atom. The summed E-state index contributed by atoms with van der Waals surface area (Å²) in [5.41, 5.74) is 2.68. The van der Waals surface area contributed by atoms with Gasteiger partial charge in [0.15, 0.2) is 0 Å². The number of ether oxygens (including phenoxy) is 1. The van der Waals surface area contributed by atoms with Crippen molar-refractivity contribution in [1.82, 2.24) is 5.32 Å². The van der Waals surface area contributed by atoms with Gasteiger partial charge in [-0.1, -0.05) is 0 Å². The number of methoxy groups -OCH3 is 1. The summed E-state index contributed by atoms with van der Waals surface area (Å²) in [5.74, 6) is 0.638. The fourth-order valence-electron chi connectivity index (χ4n) is 1.64. The fourth-order valence-corrected chi connectivity index (χ4v) is 2.05.